The van der Waals surface area contributed by atoms with E-state index in [1.54, 1.807) is 0 Å². The summed E-state index contributed by atoms with van der Waals surface area (Å²) in [5.41, 5.74) is 4.76. The van der Waals surface area contributed by atoms with Gasteiger partial charge in [-0.1, -0.05) is 0 Å². The van der Waals surface area contributed by atoms with E-state index in [4.69, 9.17) is 6.64 Å². The summed E-state index contributed by atoms with van der Waals surface area (Å²) in [7, 11) is 0. The Bertz CT molecular complexity index is 1020. The van der Waals surface area contributed by atoms with Crippen molar-refractivity contribution in [3.8, 4) is 11.5 Å². The second-order valence-electron chi connectivity index (χ2n) is 7.97. The van der Waals surface area contributed by atoms with Crippen LogP contribution in [-0.2, 0) is 26.8 Å². The van der Waals surface area contributed by atoms with Gasteiger partial charge in [0.15, 0.2) is 0 Å². The molecule has 0 amide bonds. The van der Waals surface area contributed by atoms with Gasteiger partial charge in [-0.25, -0.2) is 0 Å². The van der Waals surface area contributed by atoms with Crippen molar-refractivity contribution < 1.29 is 24.0 Å². The second kappa shape index (κ2) is 10.0. The van der Waals surface area contributed by atoms with E-state index in [0.717, 1.165) is 32.1 Å². The van der Waals surface area contributed by atoms with Gasteiger partial charge in [-0.2, -0.15) is 0 Å². The van der Waals surface area contributed by atoms with Crippen LogP contribution >= 0.6 is 0 Å². The summed E-state index contributed by atoms with van der Waals surface area (Å²) in [5.74, 6) is 1.84. The molecule has 2 nitrogen and oxygen atoms in total. The molecule has 0 aliphatic carbocycles. The fraction of sp³-hybridized carbons (Fsp3) is 0.143. The number of rotatable bonds is 8. The summed E-state index contributed by atoms with van der Waals surface area (Å²) in [6.45, 7) is 4.20. The van der Waals surface area contributed by atoms with E-state index in [2.05, 4.69) is 98.8 Å². The first-order valence-electron chi connectivity index (χ1n) is 10.7. The number of benzene rings is 4. The van der Waals surface area contributed by atoms with Crippen molar-refractivity contribution >= 4 is 0 Å². The van der Waals surface area contributed by atoms with Crippen LogP contribution in [0.15, 0.2) is 109 Å². The van der Waals surface area contributed by atoms with Crippen molar-refractivity contribution in [3.63, 3.8) is 0 Å². The van der Waals surface area contributed by atoms with Crippen molar-refractivity contribution in [2.45, 2.75) is 23.3 Å². The van der Waals surface area contributed by atoms with E-state index in [-0.39, 0.29) is 0 Å². The van der Waals surface area contributed by atoms with Crippen molar-refractivity contribution in [3.05, 3.63) is 131 Å². The molecule has 0 bridgehead atoms. The summed E-state index contributed by atoms with van der Waals surface area (Å²) >= 11 is -3.49. The zero-order valence-electron chi connectivity index (χ0n) is 18.1. The molecule has 0 unspecified atom stereocenters. The van der Waals surface area contributed by atoms with Crippen LogP contribution in [-0.4, -0.2) is 0 Å². The first kappa shape index (κ1) is 21.4. The molecule has 0 spiro atoms. The van der Waals surface area contributed by atoms with Crippen molar-refractivity contribution in [2.75, 3.05) is 0 Å². The van der Waals surface area contributed by atoms with Gasteiger partial charge in [0, 0.05) is 0 Å². The summed E-state index contributed by atoms with van der Waals surface area (Å²) in [6, 6.07) is 37.7. The molecule has 0 fully saturated rings. The summed E-state index contributed by atoms with van der Waals surface area (Å²) in [4.78, 5) is 0. The van der Waals surface area contributed by atoms with Crippen molar-refractivity contribution in [1.29, 1.82) is 0 Å². The normalized spacial score (nSPS) is 11.2. The van der Waals surface area contributed by atoms with E-state index >= 15 is 0 Å². The second-order valence-corrected chi connectivity index (χ2v) is 12.6. The Hall–Kier alpha value is -2.81. The van der Waals surface area contributed by atoms with Crippen LogP contribution in [0.5, 0.6) is 11.5 Å². The molecule has 3 heteroatoms. The summed E-state index contributed by atoms with van der Waals surface area (Å²) < 4.78 is 15.5. The Morgan fingerprint density at radius 1 is 0.484 bits per heavy atom. The van der Waals surface area contributed by atoms with Gasteiger partial charge in [0.2, 0.25) is 0 Å². The molecule has 0 aliphatic heterocycles. The minimum atomic E-state index is -3.49. The van der Waals surface area contributed by atoms with Gasteiger partial charge < -0.3 is 0 Å². The molecular formula is C28H28O2Ti. The standard InChI is InChI=1S/2C7H8O.2C7H7.Ti/c2*1-6-4-2-3-5-7(6)8;2*1-7-5-3-2-4-6-7;/h2*2-5,8H,1H3;2*2-6H,1H2;/q;;;;+2/p-2. The Morgan fingerprint density at radius 2 is 0.839 bits per heavy atom. The molecule has 0 heterocycles. The maximum atomic E-state index is 6.96. The quantitative estimate of drug-likeness (QED) is 0.269. The van der Waals surface area contributed by atoms with Crippen LogP contribution in [0.1, 0.15) is 22.3 Å². The number of para-hydroxylation sites is 2. The monoisotopic (exact) mass is 444 g/mol. The Morgan fingerprint density at radius 3 is 1.23 bits per heavy atom. The number of aryl methyl sites for hydroxylation is 2. The third-order valence-electron chi connectivity index (χ3n) is 5.41. The van der Waals surface area contributed by atoms with Crippen LogP contribution in [0.25, 0.3) is 0 Å². The summed E-state index contributed by atoms with van der Waals surface area (Å²) in [5, 5.41) is 0. The first-order valence-corrected chi connectivity index (χ1v) is 14.2. The minimum absolute atomic E-state index is 0.804. The molecule has 0 saturated carbocycles. The predicted octanol–water partition coefficient (Wildman–Crippen LogP) is 7.15. The van der Waals surface area contributed by atoms with Crippen LogP contribution in [0.3, 0.4) is 0 Å². The predicted molar refractivity (Wildman–Crippen MR) is 124 cm³/mol. The van der Waals surface area contributed by atoms with Crippen LogP contribution < -0.4 is 6.64 Å². The van der Waals surface area contributed by atoms with E-state index < -0.39 is 17.4 Å². The molecule has 31 heavy (non-hydrogen) atoms. The van der Waals surface area contributed by atoms with Crippen molar-refractivity contribution in [1.82, 2.24) is 0 Å². The zero-order valence-corrected chi connectivity index (χ0v) is 19.7. The Balaban J connectivity index is 1.81. The third-order valence-corrected chi connectivity index (χ3v) is 10.2. The molecular weight excluding hydrogens is 416 g/mol. The van der Waals surface area contributed by atoms with Crippen molar-refractivity contribution in [2.24, 2.45) is 0 Å². The summed E-state index contributed by atoms with van der Waals surface area (Å²) in [6.07, 6.45) is 0. The molecule has 156 valence electrons. The SMILES string of the molecule is Cc1ccccc1[O][Ti]([CH2]c1ccccc1)([CH2]c1ccccc1)[O]c1ccccc1C. The molecule has 0 radical (unpaired) electrons. The van der Waals surface area contributed by atoms with Gasteiger partial charge in [0.1, 0.15) is 0 Å². The molecule has 4 rings (SSSR count). The average molecular weight is 444 g/mol. The van der Waals surface area contributed by atoms with Gasteiger partial charge >= 0.3 is 190 Å². The van der Waals surface area contributed by atoms with E-state index in [1.165, 1.54) is 11.1 Å². The van der Waals surface area contributed by atoms with E-state index in [1.807, 2.05) is 24.3 Å². The van der Waals surface area contributed by atoms with Gasteiger partial charge in [0.25, 0.3) is 0 Å². The van der Waals surface area contributed by atoms with Gasteiger partial charge in [-0.05, 0) is 0 Å². The fourth-order valence-electron chi connectivity index (χ4n) is 3.78. The first-order chi connectivity index (χ1) is 15.1. The Labute approximate surface area is 189 Å². The van der Waals surface area contributed by atoms with Crippen LogP contribution in [0.2, 0.25) is 0 Å². The molecule has 0 atom stereocenters. The molecule has 0 aromatic heterocycles. The zero-order chi connectivity index (χ0) is 21.5. The molecule has 4 aromatic carbocycles. The molecule has 0 N–H and O–H groups in total. The Kier molecular flexibility index (Phi) is 6.91. The maximum absolute atomic E-state index is 6.96. The molecule has 4 aromatic rings. The molecule has 0 saturated heterocycles. The van der Waals surface area contributed by atoms with E-state index in [0.29, 0.717) is 0 Å². The fourth-order valence-corrected chi connectivity index (χ4v) is 9.14. The molecule has 0 aliphatic rings. The number of hydrogen-bond acceptors (Lipinski definition) is 2. The topological polar surface area (TPSA) is 18.5 Å². The van der Waals surface area contributed by atoms with Gasteiger partial charge in [-0.3, -0.25) is 0 Å². The third kappa shape index (κ3) is 5.67. The van der Waals surface area contributed by atoms with Crippen LogP contribution in [0, 0.1) is 13.8 Å². The average Bonchev–Trinajstić information content (AvgIpc) is 2.78. The van der Waals surface area contributed by atoms with E-state index in [9.17, 15) is 0 Å². The number of hydrogen-bond donors (Lipinski definition) is 0. The van der Waals surface area contributed by atoms with Gasteiger partial charge in [-0.15, -0.1) is 0 Å². The van der Waals surface area contributed by atoms with Gasteiger partial charge in [0.05, 0.1) is 0 Å². The van der Waals surface area contributed by atoms with Crippen LogP contribution in [0.4, 0.5) is 0 Å².